The van der Waals surface area contributed by atoms with E-state index in [1.54, 1.807) is 42.5 Å². The smallest absolute Gasteiger partial charge is 0.294 e. The molecule has 2 amide bonds. The number of rotatable bonds is 3. The second kappa shape index (κ2) is 8.18. The SMILES string of the molecule is O=C1c2ccccc2C(=O)N1Cc1c(S(=O)(=O)O)ccc2[nH]c3cc4c(=O)c5ccccc5[nH]c4cc3c(=O)c12. The van der Waals surface area contributed by atoms with Gasteiger partial charge in [-0.25, -0.2) is 0 Å². The zero-order valence-electron chi connectivity index (χ0n) is 20.4. The predicted molar refractivity (Wildman–Crippen MR) is 148 cm³/mol. The molecule has 3 N–H and O–H groups in total. The van der Waals surface area contributed by atoms with Crippen LogP contribution in [0.15, 0.2) is 87.3 Å². The van der Waals surface area contributed by atoms with Crippen molar-refractivity contribution in [1.82, 2.24) is 14.9 Å². The number of aromatic nitrogens is 2. The first kappa shape index (κ1) is 23.9. The molecule has 7 rings (SSSR count). The van der Waals surface area contributed by atoms with Crippen molar-refractivity contribution in [3.63, 3.8) is 0 Å². The van der Waals surface area contributed by atoms with Gasteiger partial charge in [-0.1, -0.05) is 24.3 Å². The number of imide groups is 1. The highest BCUT2D eigenvalue weighted by Gasteiger charge is 2.36. The third-order valence-corrected chi connectivity index (χ3v) is 8.26. The molecule has 1 aliphatic heterocycles. The topological polar surface area (TPSA) is 157 Å². The van der Waals surface area contributed by atoms with Gasteiger partial charge in [0.05, 0.1) is 44.5 Å². The first-order chi connectivity index (χ1) is 19.1. The molecule has 0 radical (unpaired) electrons. The first-order valence-corrected chi connectivity index (χ1v) is 13.6. The number of hydrogen-bond acceptors (Lipinski definition) is 6. The number of aromatic amines is 2. The van der Waals surface area contributed by atoms with Gasteiger partial charge in [-0.15, -0.1) is 0 Å². The fraction of sp³-hybridized carbons (Fsp3) is 0.0345. The number of hydrogen-bond donors (Lipinski definition) is 3. The molecule has 0 fully saturated rings. The van der Waals surface area contributed by atoms with Crippen molar-refractivity contribution in [1.29, 1.82) is 0 Å². The van der Waals surface area contributed by atoms with Gasteiger partial charge in [0.25, 0.3) is 21.9 Å². The molecular formula is C29H17N3O7S. The van der Waals surface area contributed by atoms with Gasteiger partial charge < -0.3 is 9.97 Å². The zero-order chi connectivity index (χ0) is 27.9. The second-order valence-electron chi connectivity index (χ2n) is 9.58. The summed E-state index contributed by atoms with van der Waals surface area (Å²) in [5.74, 6) is -1.29. The summed E-state index contributed by atoms with van der Waals surface area (Å²) in [6.45, 7) is -0.567. The minimum atomic E-state index is -4.85. The summed E-state index contributed by atoms with van der Waals surface area (Å²) in [7, 11) is -4.85. The summed E-state index contributed by atoms with van der Waals surface area (Å²) in [5, 5.41) is 0.865. The molecule has 10 nitrogen and oxygen atoms in total. The van der Waals surface area contributed by atoms with Crippen molar-refractivity contribution in [2.45, 2.75) is 11.4 Å². The van der Waals surface area contributed by atoms with Crippen LogP contribution in [0.3, 0.4) is 0 Å². The zero-order valence-corrected chi connectivity index (χ0v) is 21.2. The van der Waals surface area contributed by atoms with Crippen LogP contribution in [0, 0.1) is 0 Å². The molecule has 11 heteroatoms. The van der Waals surface area contributed by atoms with Gasteiger partial charge in [-0.05, 0) is 48.5 Å². The van der Waals surface area contributed by atoms with Gasteiger partial charge in [0.2, 0.25) is 0 Å². The maximum Gasteiger partial charge on any atom is 0.294 e. The summed E-state index contributed by atoms with van der Waals surface area (Å²) >= 11 is 0. The van der Waals surface area contributed by atoms with Crippen molar-refractivity contribution in [2.24, 2.45) is 0 Å². The van der Waals surface area contributed by atoms with E-state index in [0.717, 1.165) is 11.0 Å². The Morgan fingerprint density at radius 2 is 1.23 bits per heavy atom. The summed E-state index contributed by atoms with van der Waals surface area (Å²) in [5.41, 5.74) is 0.795. The maximum atomic E-state index is 14.0. The lowest BCUT2D eigenvalue weighted by atomic mass is 10.0. The highest BCUT2D eigenvalue weighted by atomic mass is 32.2. The van der Waals surface area contributed by atoms with Crippen LogP contribution in [-0.4, -0.2) is 39.7 Å². The third-order valence-electron chi connectivity index (χ3n) is 7.33. The normalized spacial score (nSPS) is 13.7. The van der Waals surface area contributed by atoms with Crippen LogP contribution in [-0.2, 0) is 16.7 Å². The molecule has 0 bridgehead atoms. The van der Waals surface area contributed by atoms with Crippen LogP contribution in [0.2, 0.25) is 0 Å². The Morgan fingerprint density at radius 3 is 1.88 bits per heavy atom. The van der Waals surface area contributed by atoms with E-state index in [2.05, 4.69) is 9.97 Å². The van der Waals surface area contributed by atoms with Crippen LogP contribution >= 0.6 is 0 Å². The van der Waals surface area contributed by atoms with E-state index < -0.39 is 38.8 Å². The van der Waals surface area contributed by atoms with Crippen LogP contribution in [0.1, 0.15) is 26.3 Å². The lowest BCUT2D eigenvalue weighted by molar-refractivity contribution is 0.0641. The number of nitrogens with zero attached hydrogens (tertiary/aromatic N) is 1. The Bertz CT molecular complexity index is 2340. The minimum Gasteiger partial charge on any atom is -0.354 e. The average molecular weight is 552 g/mol. The van der Waals surface area contributed by atoms with E-state index in [1.807, 2.05) is 0 Å². The Kier molecular flexibility index (Phi) is 4.90. The third kappa shape index (κ3) is 3.35. The lowest BCUT2D eigenvalue weighted by Gasteiger charge is -2.18. The van der Waals surface area contributed by atoms with Crippen molar-refractivity contribution < 1.29 is 22.6 Å². The number of fused-ring (bicyclic) bond motifs is 5. The molecule has 40 heavy (non-hydrogen) atoms. The molecule has 0 unspecified atom stereocenters. The molecule has 0 saturated carbocycles. The lowest BCUT2D eigenvalue weighted by Crippen LogP contribution is -2.30. The number of benzene rings is 4. The fourth-order valence-electron chi connectivity index (χ4n) is 5.47. The molecule has 0 atom stereocenters. The standard InChI is InChI=1S/C29H17N3O7S/c33-26-16-7-3-4-8-20(16)30-22-12-18-23(11-17(22)26)31-21-9-10-24(40(37,38)39)19(25(21)27(18)34)13-32-28(35)14-5-1-2-6-15(14)29(32)36/h1-12H,13H2,(H,30,33)(H,31,34)(H,37,38,39). The summed E-state index contributed by atoms with van der Waals surface area (Å²) in [6, 6.07) is 18.6. The van der Waals surface area contributed by atoms with Crippen LogP contribution in [0.25, 0.3) is 43.6 Å². The molecule has 6 aromatic rings. The van der Waals surface area contributed by atoms with E-state index in [4.69, 9.17) is 0 Å². The van der Waals surface area contributed by atoms with E-state index in [0.29, 0.717) is 27.3 Å². The van der Waals surface area contributed by atoms with Gasteiger partial charge in [-0.2, -0.15) is 8.42 Å². The minimum absolute atomic E-state index is 0.110. The number of pyridine rings is 2. The number of amides is 2. The van der Waals surface area contributed by atoms with E-state index >= 15 is 0 Å². The highest BCUT2D eigenvalue weighted by Crippen LogP contribution is 2.31. The van der Waals surface area contributed by atoms with Crippen molar-refractivity contribution in [2.75, 3.05) is 0 Å². The number of carbonyl (C=O) groups excluding carboxylic acids is 2. The molecule has 0 saturated heterocycles. The molecule has 4 aromatic carbocycles. The molecule has 1 aliphatic rings. The average Bonchev–Trinajstić information content (AvgIpc) is 3.17. The quantitative estimate of drug-likeness (QED) is 0.172. The Balaban J connectivity index is 1.52. The van der Waals surface area contributed by atoms with Gasteiger partial charge in [0.1, 0.15) is 0 Å². The Labute approximate surface area is 224 Å². The monoisotopic (exact) mass is 551 g/mol. The number of para-hydroxylation sites is 1. The van der Waals surface area contributed by atoms with Crippen molar-refractivity contribution >= 4 is 65.5 Å². The second-order valence-corrected chi connectivity index (χ2v) is 11.0. The van der Waals surface area contributed by atoms with Crippen LogP contribution in [0.5, 0.6) is 0 Å². The van der Waals surface area contributed by atoms with Crippen molar-refractivity contribution in [3.8, 4) is 0 Å². The molecule has 3 heterocycles. The molecular weight excluding hydrogens is 534 g/mol. The fourth-order valence-corrected chi connectivity index (χ4v) is 6.19. The van der Waals surface area contributed by atoms with Gasteiger partial charge in [-0.3, -0.25) is 28.6 Å². The highest BCUT2D eigenvalue weighted by molar-refractivity contribution is 7.85. The number of carbonyl (C=O) groups is 2. The molecule has 196 valence electrons. The molecule has 2 aromatic heterocycles. The van der Waals surface area contributed by atoms with Gasteiger partial charge in [0, 0.05) is 27.2 Å². The molecule has 0 aliphatic carbocycles. The molecule has 0 spiro atoms. The predicted octanol–water partition coefficient (Wildman–Crippen LogP) is 3.72. The van der Waals surface area contributed by atoms with E-state index in [9.17, 15) is 32.1 Å². The van der Waals surface area contributed by atoms with Gasteiger partial charge >= 0.3 is 0 Å². The summed E-state index contributed by atoms with van der Waals surface area (Å²) < 4.78 is 34.8. The largest absolute Gasteiger partial charge is 0.354 e. The Morgan fingerprint density at radius 1 is 0.650 bits per heavy atom. The van der Waals surface area contributed by atoms with Gasteiger partial charge in [0.15, 0.2) is 10.9 Å². The number of nitrogens with one attached hydrogen (secondary N) is 2. The van der Waals surface area contributed by atoms with Crippen LogP contribution < -0.4 is 10.9 Å². The van der Waals surface area contributed by atoms with Crippen LogP contribution in [0.4, 0.5) is 0 Å². The summed E-state index contributed by atoms with van der Waals surface area (Å²) in [6.07, 6.45) is 0. The van der Waals surface area contributed by atoms with E-state index in [-0.39, 0.29) is 38.4 Å². The Hall–Kier alpha value is -5.13. The maximum absolute atomic E-state index is 14.0. The number of H-pyrrole nitrogens is 2. The van der Waals surface area contributed by atoms with Crippen molar-refractivity contribution in [3.05, 3.63) is 110 Å². The summed E-state index contributed by atoms with van der Waals surface area (Å²) in [4.78, 5) is 59.7. The first-order valence-electron chi connectivity index (χ1n) is 12.1. The van der Waals surface area contributed by atoms with E-state index in [1.165, 1.54) is 24.3 Å².